The van der Waals surface area contributed by atoms with Crippen molar-refractivity contribution >= 4 is 29.0 Å². The van der Waals surface area contributed by atoms with Crippen LogP contribution in [0, 0.1) is 35.5 Å². The Kier molecular flexibility index (Phi) is 6.63. The standard InChI is InChI=1S/C30H37N3O8/c1-33(2)23-17-9-14-8-16-21(24(35)20(14)27(37)30(17,40)28(38)22(25(23)36)29(31)39)19(34)10-15(26(16)41-3)11-32-18-7-12-4-5-13(18)6-12/h10,12-14,17-18,20,22-23,32,34,40H,4-9,11H2,1-3H3,(H2,31,39)/t12?,13?,14-,17-,18+,20?,22?,23-,30-/m0/s1. The first-order valence-electron chi connectivity index (χ1n) is 14.4. The number of rotatable bonds is 6. The Balaban J connectivity index is 1.37. The van der Waals surface area contributed by atoms with Gasteiger partial charge >= 0.3 is 0 Å². The second-order valence-corrected chi connectivity index (χ2v) is 12.9. The van der Waals surface area contributed by atoms with Crippen molar-refractivity contribution in [2.24, 2.45) is 41.2 Å². The summed E-state index contributed by atoms with van der Waals surface area (Å²) < 4.78 is 5.79. The monoisotopic (exact) mass is 567 g/mol. The SMILES string of the molecule is COc1c(CN[C@@H]2CC3CCC2C3)cc(O)c2c1C[C@H]1C[C@H]3[C@H](N(C)C)C(=O)C(C(N)=O)C(=O)[C@@]3(O)C(=O)C1C2=O. The molecule has 0 heterocycles. The molecule has 1 aromatic rings. The van der Waals surface area contributed by atoms with Crippen LogP contribution in [0.25, 0.3) is 0 Å². The Labute approximate surface area is 237 Å². The van der Waals surface area contributed by atoms with Crippen LogP contribution in [-0.4, -0.2) is 83.0 Å². The molecule has 0 aliphatic heterocycles. The molecule has 4 unspecified atom stereocenters. The third kappa shape index (κ3) is 3.92. The quantitative estimate of drug-likeness (QED) is 0.346. The Morgan fingerprint density at radius 2 is 1.85 bits per heavy atom. The number of aromatic hydroxyl groups is 1. The third-order valence-corrected chi connectivity index (χ3v) is 10.6. The summed E-state index contributed by atoms with van der Waals surface area (Å²) >= 11 is 0. The van der Waals surface area contributed by atoms with Crippen LogP contribution in [0.5, 0.6) is 11.5 Å². The van der Waals surface area contributed by atoms with E-state index in [0.29, 0.717) is 35.4 Å². The first-order chi connectivity index (χ1) is 19.4. The number of hydrogen-bond donors (Lipinski definition) is 4. The fourth-order valence-corrected chi connectivity index (χ4v) is 8.84. The van der Waals surface area contributed by atoms with Gasteiger partial charge in [0, 0.05) is 29.6 Å². The van der Waals surface area contributed by atoms with Crippen LogP contribution in [0.1, 0.15) is 53.6 Å². The summed E-state index contributed by atoms with van der Waals surface area (Å²) in [6, 6.07) is 0.741. The fourth-order valence-electron chi connectivity index (χ4n) is 8.84. The molecule has 0 spiro atoms. The molecule has 5 N–H and O–H groups in total. The van der Waals surface area contributed by atoms with Crippen LogP contribution in [0.4, 0.5) is 0 Å². The molecule has 1 aromatic carbocycles. The summed E-state index contributed by atoms with van der Waals surface area (Å²) in [5.74, 6) is -8.70. The summed E-state index contributed by atoms with van der Waals surface area (Å²) in [5.41, 5.74) is 3.76. The molecule has 4 saturated carbocycles. The zero-order valence-corrected chi connectivity index (χ0v) is 23.5. The number of ether oxygens (including phenoxy) is 1. The van der Waals surface area contributed by atoms with E-state index in [4.69, 9.17) is 10.5 Å². The number of fused-ring (bicyclic) bond motifs is 5. The van der Waals surface area contributed by atoms with Crippen LogP contribution in [0.2, 0.25) is 0 Å². The van der Waals surface area contributed by atoms with E-state index >= 15 is 0 Å². The Hall–Kier alpha value is -3.15. The number of carbonyl (C=O) groups excluding carboxylic acids is 5. The number of phenols is 1. The average Bonchev–Trinajstić information content (AvgIpc) is 3.53. The van der Waals surface area contributed by atoms with E-state index < -0.39 is 64.4 Å². The number of nitrogens with zero attached hydrogens (tertiary/aromatic N) is 1. The fraction of sp³-hybridized carbons (Fsp3) is 0.633. The van der Waals surface area contributed by atoms with Crippen molar-refractivity contribution < 1.29 is 38.9 Å². The van der Waals surface area contributed by atoms with Crippen molar-refractivity contribution in [1.29, 1.82) is 0 Å². The number of benzene rings is 1. The molecule has 5 aliphatic rings. The van der Waals surface area contributed by atoms with Gasteiger partial charge in [-0.1, -0.05) is 6.42 Å². The normalized spacial score (nSPS) is 37.7. The summed E-state index contributed by atoms with van der Waals surface area (Å²) in [6.07, 6.45) is 5.03. The second-order valence-electron chi connectivity index (χ2n) is 12.9. The molecule has 1 amide bonds. The molecule has 4 fully saturated rings. The number of aliphatic hydroxyl groups is 1. The number of phenolic OH excluding ortho intramolecular Hbond substituents is 1. The van der Waals surface area contributed by atoms with Gasteiger partial charge in [0.2, 0.25) is 5.91 Å². The minimum Gasteiger partial charge on any atom is -0.507 e. The molecule has 0 saturated heterocycles. The van der Waals surface area contributed by atoms with E-state index in [9.17, 15) is 34.2 Å². The molecular formula is C30H37N3O8. The van der Waals surface area contributed by atoms with E-state index in [-0.39, 0.29) is 24.2 Å². The van der Waals surface area contributed by atoms with Crippen molar-refractivity contribution in [2.45, 2.75) is 62.8 Å². The number of methoxy groups -OCH3 is 1. The van der Waals surface area contributed by atoms with Gasteiger partial charge in [0.1, 0.15) is 11.5 Å². The van der Waals surface area contributed by atoms with Crippen molar-refractivity contribution in [3.8, 4) is 11.5 Å². The van der Waals surface area contributed by atoms with E-state index in [2.05, 4.69) is 5.32 Å². The van der Waals surface area contributed by atoms with Crippen LogP contribution in [-0.2, 0) is 32.1 Å². The molecule has 9 atom stereocenters. The van der Waals surface area contributed by atoms with Gasteiger partial charge in [-0.25, -0.2) is 0 Å². The van der Waals surface area contributed by atoms with E-state index in [1.54, 1.807) is 14.1 Å². The lowest BCUT2D eigenvalue weighted by atomic mass is 9.52. The molecule has 5 aliphatic carbocycles. The number of likely N-dealkylation sites (N-methyl/N-ethyl adjacent to an activating group) is 1. The molecule has 0 radical (unpaired) electrons. The van der Waals surface area contributed by atoms with E-state index in [0.717, 1.165) is 12.3 Å². The molecule has 0 aromatic heterocycles. The minimum atomic E-state index is -2.74. The lowest BCUT2D eigenvalue weighted by Crippen LogP contribution is -2.74. The maximum absolute atomic E-state index is 13.9. The highest BCUT2D eigenvalue weighted by Crippen LogP contribution is 2.52. The number of amides is 1. The number of nitrogens with one attached hydrogen (secondary N) is 1. The van der Waals surface area contributed by atoms with Crippen LogP contribution >= 0.6 is 0 Å². The van der Waals surface area contributed by atoms with Gasteiger partial charge in [0.05, 0.1) is 24.6 Å². The molecule has 2 bridgehead atoms. The number of nitrogens with two attached hydrogens (primary N) is 1. The van der Waals surface area contributed by atoms with Crippen LogP contribution in [0.15, 0.2) is 6.07 Å². The van der Waals surface area contributed by atoms with E-state index in [1.807, 2.05) is 0 Å². The first-order valence-corrected chi connectivity index (χ1v) is 14.4. The number of carbonyl (C=O) groups is 5. The number of Topliss-reactive ketones (excluding diaryl/α,β-unsaturated/α-hetero) is 4. The van der Waals surface area contributed by atoms with Gasteiger partial charge < -0.3 is 26.0 Å². The topological polar surface area (TPSA) is 176 Å². The molecule has 11 heteroatoms. The van der Waals surface area contributed by atoms with Crippen LogP contribution < -0.4 is 15.8 Å². The summed E-state index contributed by atoms with van der Waals surface area (Å²) in [4.78, 5) is 68.0. The molecule has 41 heavy (non-hydrogen) atoms. The Morgan fingerprint density at radius 1 is 1.12 bits per heavy atom. The van der Waals surface area contributed by atoms with E-state index in [1.165, 1.54) is 37.3 Å². The third-order valence-electron chi connectivity index (χ3n) is 10.6. The number of hydrogen-bond acceptors (Lipinski definition) is 10. The summed E-state index contributed by atoms with van der Waals surface area (Å²) in [7, 11) is 4.62. The van der Waals surface area contributed by atoms with Gasteiger partial charge in [-0.05, 0) is 70.0 Å². The molecule has 6 rings (SSSR count). The molecule has 11 nitrogen and oxygen atoms in total. The molecular weight excluding hydrogens is 530 g/mol. The largest absolute Gasteiger partial charge is 0.507 e. The maximum Gasteiger partial charge on any atom is 0.235 e. The van der Waals surface area contributed by atoms with Crippen molar-refractivity contribution in [3.63, 3.8) is 0 Å². The molecule has 220 valence electrons. The Bertz CT molecular complexity index is 1370. The minimum absolute atomic E-state index is 0.00142. The average molecular weight is 568 g/mol. The Morgan fingerprint density at radius 3 is 2.44 bits per heavy atom. The van der Waals surface area contributed by atoms with Crippen molar-refractivity contribution in [2.75, 3.05) is 21.2 Å². The van der Waals surface area contributed by atoms with Crippen molar-refractivity contribution in [3.05, 3.63) is 22.8 Å². The predicted octanol–water partition coefficient (Wildman–Crippen LogP) is 0.154. The number of primary amides is 1. The van der Waals surface area contributed by atoms with Gasteiger partial charge in [-0.2, -0.15) is 0 Å². The zero-order chi connectivity index (χ0) is 29.5. The highest BCUT2D eigenvalue weighted by Gasteiger charge is 2.69. The maximum atomic E-state index is 13.9. The highest BCUT2D eigenvalue weighted by atomic mass is 16.5. The van der Waals surface area contributed by atoms with Gasteiger partial charge in [-0.15, -0.1) is 0 Å². The zero-order valence-electron chi connectivity index (χ0n) is 23.5. The van der Waals surface area contributed by atoms with Crippen molar-refractivity contribution in [1.82, 2.24) is 10.2 Å². The highest BCUT2D eigenvalue weighted by molar-refractivity contribution is 6.32. The summed E-state index contributed by atoms with van der Waals surface area (Å²) in [6.45, 7) is 0.446. The second kappa shape index (κ2) is 9.71. The first kappa shape index (κ1) is 28.0. The number of ketones is 4. The predicted molar refractivity (Wildman–Crippen MR) is 144 cm³/mol. The van der Waals surface area contributed by atoms with Crippen LogP contribution in [0.3, 0.4) is 0 Å². The summed E-state index contributed by atoms with van der Waals surface area (Å²) in [5, 5.41) is 26.4. The lowest BCUT2D eigenvalue weighted by Gasteiger charge is -2.52. The van der Waals surface area contributed by atoms with Gasteiger partial charge in [0.25, 0.3) is 0 Å². The smallest absolute Gasteiger partial charge is 0.235 e. The van der Waals surface area contributed by atoms with Gasteiger partial charge in [-0.3, -0.25) is 28.9 Å². The lowest BCUT2D eigenvalue weighted by molar-refractivity contribution is -0.181. The van der Waals surface area contributed by atoms with Gasteiger partial charge in [0.15, 0.2) is 34.7 Å².